The summed E-state index contributed by atoms with van der Waals surface area (Å²) in [6.45, 7) is 5.79. The molecule has 0 bridgehead atoms. The van der Waals surface area contributed by atoms with E-state index >= 15 is 0 Å². The van der Waals surface area contributed by atoms with Crippen LogP contribution < -0.4 is 4.90 Å². The predicted molar refractivity (Wildman–Crippen MR) is 86.6 cm³/mol. The van der Waals surface area contributed by atoms with Crippen LogP contribution in [0.5, 0.6) is 0 Å². The number of benzene rings is 1. The Bertz CT molecular complexity index is 399. The molecule has 0 spiro atoms. The molecule has 1 saturated carbocycles. The topological polar surface area (TPSA) is 3.24 Å². The van der Waals surface area contributed by atoms with Crippen LogP contribution >= 0.6 is 31.9 Å². The summed E-state index contributed by atoms with van der Waals surface area (Å²) in [7, 11) is 0. The van der Waals surface area contributed by atoms with Gasteiger partial charge in [0.2, 0.25) is 0 Å². The van der Waals surface area contributed by atoms with Crippen LogP contribution in [0.4, 0.5) is 5.69 Å². The van der Waals surface area contributed by atoms with Crippen molar-refractivity contribution >= 4 is 37.5 Å². The smallest absolute Gasteiger partial charge is 0.0421 e. The molecule has 0 N–H and O–H groups in total. The Balaban J connectivity index is 2.21. The molecule has 0 heterocycles. The summed E-state index contributed by atoms with van der Waals surface area (Å²) in [5.41, 5.74) is 2.80. The number of alkyl halides is 1. The summed E-state index contributed by atoms with van der Waals surface area (Å²) in [5.74, 6) is 0.769. The Hall–Kier alpha value is -0.0200. The number of hydrogen-bond acceptors (Lipinski definition) is 1. The molecule has 1 nitrogen and oxygen atoms in total. The van der Waals surface area contributed by atoms with Gasteiger partial charge >= 0.3 is 0 Å². The van der Waals surface area contributed by atoms with E-state index in [9.17, 15) is 0 Å². The molecule has 0 aliphatic heterocycles. The van der Waals surface area contributed by atoms with Crippen LogP contribution in [0, 0.1) is 5.92 Å². The standard InChI is InChI=1S/C15H21Br2N/c1-11(2)7-8-18(14-5-6-14)15-9-13(17)4-3-12(15)10-16/h3-4,9,11,14H,5-8,10H2,1-2H3. The summed E-state index contributed by atoms with van der Waals surface area (Å²) in [4.78, 5) is 2.61. The zero-order valence-corrected chi connectivity index (χ0v) is 14.3. The van der Waals surface area contributed by atoms with Gasteiger partial charge < -0.3 is 4.90 Å². The summed E-state index contributed by atoms with van der Waals surface area (Å²) >= 11 is 7.21. The molecule has 18 heavy (non-hydrogen) atoms. The van der Waals surface area contributed by atoms with Crippen LogP contribution in [0.3, 0.4) is 0 Å². The fourth-order valence-electron chi connectivity index (χ4n) is 2.20. The molecule has 2 rings (SSSR count). The maximum absolute atomic E-state index is 3.61. The van der Waals surface area contributed by atoms with Crippen LogP contribution in [-0.4, -0.2) is 12.6 Å². The summed E-state index contributed by atoms with van der Waals surface area (Å²) in [5, 5.41) is 0.931. The second kappa shape index (κ2) is 6.42. The highest BCUT2D eigenvalue weighted by Crippen LogP contribution is 2.36. The summed E-state index contributed by atoms with van der Waals surface area (Å²) in [6.07, 6.45) is 3.98. The zero-order chi connectivity index (χ0) is 13.1. The van der Waals surface area contributed by atoms with Gasteiger partial charge in [-0.15, -0.1) is 0 Å². The third-order valence-corrected chi connectivity index (χ3v) is 4.53. The normalized spacial score (nSPS) is 15.2. The minimum atomic E-state index is 0.769. The third-order valence-electron chi connectivity index (χ3n) is 3.44. The molecule has 0 radical (unpaired) electrons. The summed E-state index contributed by atoms with van der Waals surface area (Å²) in [6, 6.07) is 7.40. The van der Waals surface area contributed by atoms with Gasteiger partial charge in [0.25, 0.3) is 0 Å². The lowest BCUT2D eigenvalue weighted by Crippen LogP contribution is -2.28. The fraction of sp³-hybridized carbons (Fsp3) is 0.600. The minimum absolute atomic E-state index is 0.769. The van der Waals surface area contributed by atoms with Gasteiger partial charge in [0.05, 0.1) is 0 Å². The number of halogens is 2. The van der Waals surface area contributed by atoms with Crippen molar-refractivity contribution in [1.82, 2.24) is 0 Å². The molecule has 1 fully saturated rings. The SMILES string of the molecule is CC(C)CCN(c1cc(Br)ccc1CBr)C1CC1. The van der Waals surface area contributed by atoms with E-state index in [-0.39, 0.29) is 0 Å². The monoisotopic (exact) mass is 373 g/mol. The van der Waals surface area contributed by atoms with Gasteiger partial charge in [-0.3, -0.25) is 0 Å². The number of rotatable bonds is 6. The Morgan fingerprint density at radius 3 is 2.61 bits per heavy atom. The first-order valence-corrected chi connectivity index (χ1v) is 8.64. The van der Waals surface area contributed by atoms with Crippen molar-refractivity contribution in [1.29, 1.82) is 0 Å². The molecule has 100 valence electrons. The zero-order valence-electron chi connectivity index (χ0n) is 11.1. The van der Waals surface area contributed by atoms with Gasteiger partial charge in [0, 0.05) is 28.1 Å². The van der Waals surface area contributed by atoms with E-state index in [0.717, 1.165) is 17.3 Å². The van der Waals surface area contributed by atoms with Crippen molar-refractivity contribution in [3.63, 3.8) is 0 Å². The molecule has 1 aromatic rings. The van der Waals surface area contributed by atoms with E-state index in [1.807, 2.05) is 0 Å². The van der Waals surface area contributed by atoms with Gasteiger partial charge in [-0.05, 0) is 42.9 Å². The highest BCUT2D eigenvalue weighted by atomic mass is 79.9. The minimum Gasteiger partial charge on any atom is -0.368 e. The number of hydrogen-bond donors (Lipinski definition) is 0. The van der Waals surface area contributed by atoms with E-state index in [1.54, 1.807) is 0 Å². The van der Waals surface area contributed by atoms with E-state index in [0.29, 0.717) is 0 Å². The Labute approximate surface area is 127 Å². The molecule has 0 atom stereocenters. The van der Waals surface area contributed by atoms with Gasteiger partial charge in [-0.2, -0.15) is 0 Å². The Morgan fingerprint density at radius 1 is 1.33 bits per heavy atom. The van der Waals surface area contributed by atoms with Gasteiger partial charge in [0.15, 0.2) is 0 Å². The molecular weight excluding hydrogens is 354 g/mol. The largest absolute Gasteiger partial charge is 0.368 e. The average Bonchev–Trinajstić information content (AvgIpc) is 3.14. The highest BCUT2D eigenvalue weighted by molar-refractivity contribution is 9.10. The van der Waals surface area contributed by atoms with E-state index in [1.165, 1.54) is 41.5 Å². The molecule has 0 aromatic heterocycles. The summed E-state index contributed by atoms with van der Waals surface area (Å²) < 4.78 is 1.18. The van der Waals surface area contributed by atoms with Crippen LogP contribution in [0.1, 0.15) is 38.7 Å². The number of nitrogens with zero attached hydrogens (tertiary/aromatic N) is 1. The second-order valence-electron chi connectivity index (χ2n) is 5.51. The fourth-order valence-corrected chi connectivity index (χ4v) is 3.02. The third kappa shape index (κ3) is 3.74. The lowest BCUT2D eigenvalue weighted by atomic mass is 10.1. The Morgan fingerprint density at radius 2 is 2.06 bits per heavy atom. The van der Waals surface area contributed by atoms with E-state index in [2.05, 4.69) is 68.8 Å². The van der Waals surface area contributed by atoms with Gasteiger partial charge in [-0.25, -0.2) is 0 Å². The molecule has 0 saturated heterocycles. The first kappa shape index (κ1) is 14.4. The molecule has 1 aromatic carbocycles. The lowest BCUT2D eigenvalue weighted by Gasteiger charge is -2.28. The lowest BCUT2D eigenvalue weighted by molar-refractivity contribution is 0.570. The van der Waals surface area contributed by atoms with Crippen molar-refractivity contribution < 1.29 is 0 Å². The van der Waals surface area contributed by atoms with Gasteiger partial charge in [-0.1, -0.05) is 51.8 Å². The van der Waals surface area contributed by atoms with Crippen LogP contribution in [0.15, 0.2) is 22.7 Å². The van der Waals surface area contributed by atoms with Crippen molar-refractivity contribution in [2.45, 2.75) is 44.5 Å². The van der Waals surface area contributed by atoms with E-state index in [4.69, 9.17) is 0 Å². The van der Waals surface area contributed by atoms with Gasteiger partial charge in [0.1, 0.15) is 0 Å². The second-order valence-corrected chi connectivity index (χ2v) is 6.99. The average molecular weight is 375 g/mol. The molecule has 0 amide bonds. The Kier molecular flexibility index (Phi) is 5.14. The van der Waals surface area contributed by atoms with Crippen molar-refractivity contribution in [3.05, 3.63) is 28.2 Å². The quantitative estimate of drug-likeness (QED) is 0.606. The first-order valence-electron chi connectivity index (χ1n) is 6.73. The molecule has 1 aliphatic carbocycles. The van der Waals surface area contributed by atoms with Crippen LogP contribution in [0.2, 0.25) is 0 Å². The molecule has 0 unspecified atom stereocenters. The predicted octanol–water partition coefficient (Wildman–Crippen LogP) is 5.36. The number of anilines is 1. The molecular formula is C15H21Br2N. The molecule has 1 aliphatic rings. The van der Waals surface area contributed by atoms with Crippen LogP contribution in [0.25, 0.3) is 0 Å². The maximum atomic E-state index is 3.61. The van der Waals surface area contributed by atoms with Crippen molar-refractivity contribution in [2.75, 3.05) is 11.4 Å². The molecule has 3 heteroatoms. The van der Waals surface area contributed by atoms with Crippen molar-refractivity contribution in [2.24, 2.45) is 5.92 Å². The van der Waals surface area contributed by atoms with E-state index < -0.39 is 0 Å². The van der Waals surface area contributed by atoms with Crippen molar-refractivity contribution in [3.8, 4) is 0 Å². The van der Waals surface area contributed by atoms with Crippen LogP contribution in [-0.2, 0) is 5.33 Å². The maximum Gasteiger partial charge on any atom is 0.0421 e. The first-order chi connectivity index (χ1) is 8.61. The highest BCUT2D eigenvalue weighted by Gasteiger charge is 2.30.